The highest BCUT2D eigenvalue weighted by molar-refractivity contribution is 9.10. The number of nitrogens with two attached hydrogens (primary N) is 2. The number of halogens is 8. The quantitative estimate of drug-likeness (QED) is 0.164. The Bertz CT molecular complexity index is 1050. The smallest absolute Gasteiger partial charge is 0.368 e. The van der Waals surface area contributed by atoms with Crippen LogP contribution in [0.3, 0.4) is 0 Å². The number of hydrazone groups is 2. The van der Waals surface area contributed by atoms with E-state index in [1.165, 1.54) is 24.3 Å². The minimum atomic E-state index is -4.57. The van der Waals surface area contributed by atoms with Crippen molar-refractivity contribution in [3.8, 4) is 0 Å². The number of hydrogen-bond donors (Lipinski definition) is 4. The lowest BCUT2D eigenvalue weighted by Crippen LogP contribution is -2.27. The molecule has 0 amide bonds. The van der Waals surface area contributed by atoms with E-state index >= 15 is 0 Å². The summed E-state index contributed by atoms with van der Waals surface area (Å²) in [7, 11) is 0. The van der Waals surface area contributed by atoms with Crippen LogP contribution in [-0.4, -0.2) is 24.3 Å². The molecule has 0 fully saturated rings. The van der Waals surface area contributed by atoms with E-state index in [0.29, 0.717) is 0 Å². The first-order valence-electron chi connectivity index (χ1n) is 8.76. The second-order valence-corrected chi connectivity index (χ2v) is 7.81. The van der Waals surface area contributed by atoms with E-state index in [1.807, 2.05) is 0 Å². The van der Waals surface area contributed by atoms with Gasteiger partial charge in [0.25, 0.3) is 0 Å². The summed E-state index contributed by atoms with van der Waals surface area (Å²) in [6.07, 6.45) is -6.96. The molecule has 182 valence electrons. The molecule has 0 atom stereocenters. The van der Waals surface area contributed by atoms with Gasteiger partial charge in [0.1, 0.15) is 0 Å². The van der Waals surface area contributed by atoms with Gasteiger partial charge in [0.2, 0.25) is 11.9 Å². The number of nitrogens with one attached hydrogen (secondary N) is 2. The minimum absolute atomic E-state index is 0.0586. The van der Waals surface area contributed by atoms with Crippen LogP contribution >= 0.6 is 31.9 Å². The molecular weight excluding hydrogens is 602 g/mol. The molecule has 2 aromatic carbocycles. The largest absolute Gasteiger partial charge is 0.417 e. The van der Waals surface area contributed by atoms with Crippen LogP contribution in [0.4, 0.5) is 37.7 Å². The van der Waals surface area contributed by atoms with Crippen molar-refractivity contribution in [2.24, 2.45) is 31.7 Å². The molecule has 6 N–H and O–H groups in total. The third-order valence-corrected chi connectivity index (χ3v) is 4.97. The lowest BCUT2D eigenvalue weighted by Gasteiger charge is -2.09. The van der Waals surface area contributed by atoms with Crippen molar-refractivity contribution in [2.75, 3.05) is 0 Å². The fraction of sp³-hybridized carbons (Fsp3) is 0.111. The third-order valence-electron chi connectivity index (χ3n) is 3.58. The molecule has 0 spiro atoms. The summed E-state index contributed by atoms with van der Waals surface area (Å²) in [5.74, 6) is -0.602. The van der Waals surface area contributed by atoms with Crippen molar-refractivity contribution in [1.82, 2.24) is 10.9 Å². The van der Waals surface area contributed by atoms with E-state index in [4.69, 9.17) is 11.5 Å². The van der Waals surface area contributed by atoms with Gasteiger partial charge in [-0.25, -0.2) is 20.8 Å². The Labute approximate surface area is 205 Å². The second-order valence-electron chi connectivity index (χ2n) is 6.10. The van der Waals surface area contributed by atoms with E-state index in [0.717, 1.165) is 24.6 Å². The molecule has 0 aliphatic carbocycles. The number of nitrogens with zero attached hydrogens (tertiary/aromatic N) is 4. The SMILES string of the molecule is NC(=Nc1ccc(Br)c(C(F)(F)F)c1)N/N=C/C=N/NC(N)=Nc1ccc(Br)c(C(F)(F)F)c1. The lowest BCUT2D eigenvalue weighted by molar-refractivity contribution is -0.139. The molecule has 0 saturated carbocycles. The average Bonchev–Trinajstić information content (AvgIpc) is 2.71. The minimum Gasteiger partial charge on any atom is -0.368 e. The highest BCUT2D eigenvalue weighted by atomic mass is 79.9. The molecule has 2 aromatic rings. The maximum absolute atomic E-state index is 12.9. The van der Waals surface area contributed by atoms with Crippen LogP contribution in [-0.2, 0) is 12.4 Å². The number of guanidine groups is 2. The van der Waals surface area contributed by atoms with Crippen molar-refractivity contribution in [3.63, 3.8) is 0 Å². The number of benzene rings is 2. The first kappa shape index (κ1) is 27.1. The summed E-state index contributed by atoms with van der Waals surface area (Å²) in [6, 6.07) is 6.60. The maximum atomic E-state index is 12.9. The van der Waals surface area contributed by atoms with Gasteiger partial charge in [0.05, 0.1) is 34.9 Å². The monoisotopic (exact) mass is 614 g/mol. The van der Waals surface area contributed by atoms with Gasteiger partial charge in [-0.3, -0.25) is 0 Å². The Morgan fingerprint density at radius 1 is 0.706 bits per heavy atom. The van der Waals surface area contributed by atoms with E-state index in [2.05, 4.69) is 62.9 Å². The Morgan fingerprint density at radius 3 is 1.38 bits per heavy atom. The topological polar surface area (TPSA) is 126 Å². The lowest BCUT2D eigenvalue weighted by atomic mass is 10.2. The normalized spacial score (nSPS) is 13.6. The van der Waals surface area contributed by atoms with E-state index < -0.39 is 23.5 Å². The van der Waals surface area contributed by atoms with Gasteiger partial charge >= 0.3 is 12.4 Å². The third kappa shape index (κ3) is 8.33. The highest BCUT2D eigenvalue weighted by Crippen LogP contribution is 2.37. The van der Waals surface area contributed by atoms with Gasteiger partial charge < -0.3 is 11.5 Å². The van der Waals surface area contributed by atoms with Crippen molar-refractivity contribution >= 4 is 67.6 Å². The molecule has 0 radical (unpaired) electrons. The van der Waals surface area contributed by atoms with E-state index in [9.17, 15) is 26.3 Å². The molecule has 8 nitrogen and oxygen atoms in total. The zero-order chi connectivity index (χ0) is 25.5. The molecule has 0 aliphatic heterocycles. The molecule has 0 aliphatic rings. The van der Waals surface area contributed by atoms with Crippen LogP contribution in [0.15, 0.2) is 65.5 Å². The summed E-state index contributed by atoms with van der Waals surface area (Å²) >= 11 is 5.63. The molecule has 0 saturated heterocycles. The van der Waals surface area contributed by atoms with Gasteiger partial charge in [-0.1, -0.05) is 31.9 Å². The van der Waals surface area contributed by atoms with Gasteiger partial charge in [0, 0.05) is 8.95 Å². The van der Waals surface area contributed by atoms with Crippen molar-refractivity contribution in [1.29, 1.82) is 0 Å². The van der Waals surface area contributed by atoms with Crippen LogP contribution in [0, 0.1) is 0 Å². The molecular formula is C18H14Br2F6N8. The summed E-state index contributed by atoms with van der Waals surface area (Å²) in [5.41, 5.74) is 13.7. The maximum Gasteiger partial charge on any atom is 0.417 e. The molecule has 2 rings (SSSR count). The van der Waals surface area contributed by atoms with Crippen molar-refractivity contribution in [2.45, 2.75) is 12.4 Å². The standard InChI is InChI=1S/C18H14Br2F6N8/c19-13-3-1-9(7-11(13)17(21,22)23)31-15(27)33-29-5-6-30-34-16(28)32-10-2-4-14(20)12(8-10)18(24,25)26/h1-8H,(H3,27,31,33)(H3,28,32,34)/b29-5+,30-6+. The van der Waals surface area contributed by atoms with Gasteiger partial charge in [-0.15, -0.1) is 0 Å². The Morgan fingerprint density at radius 2 is 1.06 bits per heavy atom. The van der Waals surface area contributed by atoms with Crippen LogP contribution in [0.5, 0.6) is 0 Å². The predicted octanol–water partition coefficient (Wildman–Crippen LogP) is 4.99. The summed E-state index contributed by atoms with van der Waals surface area (Å²) in [5, 5.41) is 7.25. The zero-order valence-corrected chi connectivity index (χ0v) is 19.8. The fourth-order valence-electron chi connectivity index (χ4n) is 2.20. The first-order chi connectivity index (χ1) is 15.8. The molecule has 0 heterocycles. The first-order valence-corrected chi connectivity index (χ1v) is 10.3. The molecule has 0 bridgehead atoms. The Kier molecular flexibility index (Phi) is 9.03. The van der Waals surface area contributed by atoms with Crippen LogP contribution in [0.25, 0.3) is 0 Å². The number of rotatable bonds is 5. The van der Waals surface area contributed by atoms with E-state index in [1.54, 1.807) is 0 Å². The summed E-state index contributed by atoms with van der Waals surface area (Å²) < 4.78 is 77.2. The van der Waals surface area contributed by atoms with Crippen LogP contribution in [0.1, 0.15) is 11.1 Å². The zero-order valence-electron chi connectivity index (χ0n) is 16.6. The van der Waals surface area contributed by atoms with Gasteiger partial charge in [-0.2, -0.15) is 36.5 Å². The number of alkyl halides is 6. The molecule has 0 aromatic heterocycles. The van der Waals surface area contributed by atoms with Crippen LogP contribution < -0.4 is 22.3 Å². The van der Waals surface area contributed by atoms with E-state index in [-0.39, 0.29) is 32.2 Å². The Hall–Kier alpha value is -3.14. The summed E-state index contributed by atoms with van der Waals surface area (Å²) in [6.45, 7) is 0. The second kappa shape index (κ2) is 11.3. The van der Waals surface area contributed by atoms with Crippen molar-refractivity contribution in [3.05, 3.63) is 56.5 Å². The summed E-state index contributed by atoms with van der Waals surface area (Å²) in [4.78, 5) is 7.53. The van der Waals surface area contributed by atoms with Gasteiger partial charge in [-0.05, 0) is 36.4 Å². The molecule has 0 unspecified atom stereocenters. The van der Waals surface area contributed by atoms with Crippen molar-refractivity contribution < 1.29 is 26.3 Å². The number of hydrogen-bond acceptors (Lipinski definition) is 4. The molecule has 16 heteroatoms. The highest BCUT2D eigenvalue weighted by Gasteiger charge is 2.34. The predicted molar refractivity (Wildman–Crippen MR) is 124 cm³/mol. The average molecular weight is 616 g/mol. The fourth-order valence-corrected chi connectivity index (χ4v) is 3.14. The van der Waals surface area contributed by atoms with Crippen LogP contribution in [0.2, 0.25) is 0 Å². The molecule has 34 heavy (non-hydrogen) atoms. The van der Waals surface area contributed by atoms with Gasteiger partial charge in [0.15, 0.2) is 0 Å². The number of aliphatic imine (C=N–C) groups is 2. The Balaban J connectivity index is 1.94.